The highest BCUT2D eigenvalue weighted by molar-refractivity contribution is 5.21. The second-order valence-corrected chi connectivity index (χ2v) is 4.10. The van der Waals surface area contributed by atoms with Crippen LogP contribution in [0.4, 0.5) is 4.39 Å². The molecule has 0 saturated heterocycles. The Kier molecular flexibility index (Phi) is 3.49. The number of rotatable bonds is 3. The van der Waals surface area contributed by atoms with Gasteiger partial charge in [0, 0.05) is 18.3 Å². The molecule has 1 aromatic carbocycles. The van der Waals surface area contributed by atoms with Gasteiger partial charge in [0.1, 0.15) is 5.82 Å². The predicted molar refractivity (Wildman–Crippen MR) is 64.0 cm³/mol. The van der Waals surface area contributed by atoms with Gasteiger partial charge in [-0.3, -0.25) is 4.98 Å². The van der Waals surface area contributed by atoms with Crippen LogP contribution in [0.5, 0.6) is 0 Å². The maximum atomic E-state index is 12.7. The van der Waals surface area contributed by atoms with Gasteiger partial charge in [0.05, 0.1) is 6.10 Å². The van der Waals surface area contributed by atoms with Gasteiger partial charge in [-0.15, -0.1) is 0 Å². The Morgan fingerprint density at radius 2 is 1.88 bits per heavy atom. The third kappa shape index (κ3) is 3.11. The third-order valence-corrected chi connectivity index (χ3v) is 2.63. The monoisotopic (exact) mass is 231 g/mol. The molecular formula is C14H14FNO. The van der Waals surface area contributed by atoms with Gasteiger partial charge in [-0.25, -0.2) is 4.39 Å². The van der Waals surface area contributed by atoms with Gasteiger partial charge >= 0.3 is 0 Å². The van der Waals surface area contributed by atoms with Crippen LogP contribution in [-0.4, -0.2) is 10.1 Å². The number of halogens is 1. The first-order chi connectivity index (χ1) is 8.15. The fourth-order valence-corrected chi connectivity index (χ4v) is 1.62. The minimum atomic E-state index is -0.647. The number of nitrogens with zero attached hydrogens (tertiary/aromatic N) is 1. The van der Waals surface area contributed by atoms with Crippen LogP contribution in [0.25, 0.3) is 0 Å². The Morgan fingerprint density at radius 3 is 2.47 bits per heavy atom. The number of benzene rings is 1. The summed E-state index contributed by atoms with van der Waals surface area (Å²) in [5.74, 6) is -0.297. The smallest absolute Gasteiger partial charge is 0.123 e. The van der Waals surface area contributed by atoms with Crippen molar-refractivity contribution in [2.45, 2.75) is 19.4 Å². The van der Waals surface area contributed by atoms with Crippen LogP contribution in [0.1, 0.15) is 22.9 Å². The molecule has 1 heterocycles. The van der Waals surface area contributed by atoms with Crippen molar-refractivity contribution in [3.63, 3.8) is 0 Å². The molecule has 1 unspecified atom stereocenters. The lowest BCUT2D eigenvalue weighted by atomic mass is 10.0. The van der Waals surface area contributed by atoms with E-state index in [9.17, 15) is 9.50 Å². The molecule has 0 aliphatic carbocycles. The molecular weight excluding hydrogens is 217 g/mol. The number of aliphatic hydroxyl groups excluding tert-OH is 1. The standard InChI is InChI=1S/C14H14FNO/c1-10-2-7-13(16-9-10)8-14(17)11-3-5-12(15)6-4-11/h2-7,9,14,17H,8H2,1H3. The van der Waals surface area contributed by atoms with E-state index in [0.29, 0.717) is 12.0 Å². The van der Waals surface area contributed by atoms with Gasteiger partial charge in [0.2, 0.25) is 0 Å². The molecule has 1 N–H and O–H groups in total. The molecule has 1 aromatic heterocycles. The summed E-state index contributed by atoms with van der Waals surface area (Å²) in [7, 11) is 0. The molecule has 2 aromatic rings. The second kappa shape index (κ2) is 5.06. The van der Waals surface area contributed by atoms with Gasteiger partial charge in [-0.1, -0.05) is 18.2 Å². The lowest BCUT2D eigenvalue weighted by molar-refractivity contribution is 0.177. The molecule has 0 bridgehead atoms. The fraction of sp³-hybridized carbons (Fsp3) is 0.214. The molecule has 3 heteroatoms. The van der Waals surface area contributed by atoms with Crippen molar-refractivity contribution in [1.29, 1.82) is 0 Å². The van der Waals surface area contributed by atoms with Gasteiger partial charge in [0.15, 0.2) is 0 Å². The zero-order valence-electron chi connectivity index (χ0n) is 9.60. The summed E-state index contributed by atoms with van der Waals surface area (Å²) in [6.45, 7) is 1.97. The Hall–Kier alpha value is -1.74. The number of hydrogen-bond acceptors (Lipinski definition) is 2. The summed E-state index contributed by atoms with van der Waals surface area (Å²) in [4.78, 5) is 4.23. The van der Waals surface area contributed by atoms with Crippen LogP contribution < -0.4 is 0 Å². The van der Waals surface area contributed by atoms with Crippen molar-refractivity contribution >= 4 is 0 Å². The molecule has 1 atom stereocenters. The molecule has 2 nitrogen and oxygen atoms in total. The van der Waals surface area contributed by atoms with Gasteiger partial charge in [-0.2, -0.15) is 0 Å². The maximum Gasteiger partial charge on any atom is 0.123 e. The molecule has 0 amide bonds. The summed E-state index contributed by atoms with van der Waals surface area (Å²) < 4.78 is 12.7. The highest BCUT2D eigenvalue weighted by Gasteiger charge is 2.09. The quantitative estimate of drug-likeness (QED) is 0.881. The van der Waals surface area contributed by atoms with Crippen LogP contribution in [-0.2, 0) is 6.42 Å². The number of aryl methyl sites for hydroxylation is 1. The van der Waals surface area contributed by atoms with E-state index >= 15 is 0 Å². The average molecular weight is 231 g/mol. The molecule has 0 fully saturated rings. The maximum absolute atomic E-state index is 12.7. The normalized spacial score (nSPS) is 12.4. The first-order valence-electron chi connectivity index (χ1n) is 5.50. The van der Waals surface area contributed by atoms with Gasteiger partial charge in [-0.05, 0) is 36.2 Å². The molecule has 88 valence electrons. The van der Waals surface area contributed by atoms with Gasteiger partial charge < -0.3 is 5.11 Å². The van der Waals surface area contributed by atoms with E-state index in [1.54, 1.807) is 18.3 Å². The van der Waals surface area contributed by atoms with Crippen molar-refractivity contribution in [2.24, 2.45) is 0 Å². The zero-order chi connectivity index (χ0) is 12.3. The minimum absolute atomic E-state index is 0.297. The van der Waals surface area contributed by atoms with E-state index in [1.807, 2.05) is 19.1 Å². The van der Waals surface area contributed by atoms with E-state index < -0.39 is 6.10 Å². The number of aromatic nitrogens is 1. The molecule has 0 radical (unpaired) electrons. The van der Waals surface area contributed by atoms with Gasteiger partial charge in [0.25, 0.3) is 0 Å². The average Bonchev–Trinajstić information content (AvgIpc) is 2.33. The summed E-state index contributed by atoms with van der Waals surface area (Å²) >= 11 is 0. The van der Waals surface area contributed by atoms with E-state index in [4.69, 9.17) is 0 Å². The molecule has 0 aliphatic heterocycles. The van der Waals surface area contributed by atoms with Crippen LogP contribution in [0.3, 0.4) is 0 Å². The lowest BCUT2D eigenvalue weighted by Crippen LogP contribution is -2.03. The largest absolute Gasteiger partial charge is 0.388 e. The third-order valence-electron chi connectivity index (χ3n) is 2.63. The first-order valence-corrected chi connectivity index (χ1v) is 5.50. The Bertz CT molecular complexity index is 479. The number of pyridine rings is 1. The molecule has 17 heavy (non-hydrogen) atoms. The van der Waals surface area contributed by atoms with Crippen molar-refractivity contribution in [1.82, 2.24) is 4.98 Å². The highest BCUT2D eigenvalue weighted by atomic mass is 19.1. The molecule has 0 saturated carbocycles. The van der Waals surface area contributed by atoms with E-state index in [0.717, 1.165) is 11.3 Å². The van der Waals surface area contributed by atoms with Crippen LogP contribution in [0.15, 0.2) is 42.6 Å². The lowest BCUT2D eigenvalue weighted by Gasteiger charge is -2.10. The van der Waals surface area contributed by atoms with Crippen molar-refractivity contribution in [3.05, 3.63) is 65.2 Å². The van der Waals surface area contributed by atoms with Crippen LogP contribution in [0, 0.1) is 12.7 Å². The summed E-state index contributed by atoms with van der Waals surface area (Å²) in [6, 6.07) is 9.73. The highest BCUT2D eigenvalue weighted by Crippen LogP contribution is 2.17. The number of aliphatic hydroxyl groups is 1. The van der Waals surface area contributed by atoms with E-state index in [-0.39, 0.29) is 5.82 Å². The molecule has 2 rings (SSSR count). The summed E-state index contributed by atoms with van der Waals surface area (Å²) in [5.41, 5.74) is 2.62. The topological polar surface area (TPSA) is 33.1 Å². The molecule has 0 aliphatic rings. The predicted octanol–water partition coefficient (Wildman–Crippen LogP) is 2.81. The number of hydrogen-bond donors (Lipinski definition) is 1. The Balaban J connectivity index is 2.08. The first kappa shape index (κ1) is 11.7. The van der Waals surface area contributed by atoms with Crippen molar-refractivity contribution < 1.29 is 9.50 Å². The Labute approximate surface area is 99.8 Å². The zero-order valence-corrected chi connectivity index (χ0v) is 9.60. The minimum Gasteiger partial charge on any atom is -0.388 e. The van der Waals surface area contributed by atoms with Crippen LogP contribution in [0.2, 0.25) is 0 Å². The second-order valence-electron chi connectivity index (χ2n) is 4.10. The SMILES string of the molecule is Cc1ccc(CC(O)c2ccc(F)cc2)nc1. The Morgan fingerprint density at radius 1 is 1.18 bits per heavy atom. The van der Waals surface area contributed by atoms with Crippen molar-refractivity contribution in [2.75, 3.05) is 0 Å². The summed E-state index contributed by atoms with van der Waals surface area (Å²) in [6.07, 6.45) is 1.56. The fourth-order valence-electron chi connectivity index (χ4n) is 1.62. The summed E-state index contributed by atoms with van der Waals surface area (Å²) in [5, 5.41) is 9.97. The van der Waals surface area contributed by atoms with E-state index in [1.165, 1.54) is 12.1 Å². The molecule has 0 spiro atoms. The van der Waals surface area contributed by atoms with E-state index in [2.05, 4.69) is 4.98 Å². The van der Waals surface area contributed by atoms with Crippen molar-refractivity contribution in [3.8, 4) is 0 Å². The van der Waals surface area contributed by atoms with Crippen LogP contribution >= 0.6 is 0 Å².